The van der Waals surface area contributed by atoms with Gasteiger partial charge < -0.3 is 9.05 Å². The first kappa shape index (κ1) is 34.6. The van der Waals surface area contributed by atoms with E-state index in [1.165, 1.54) is 0 Å². The van der Waals surface area contributed by atoms with Gasteiger partial charge in [0.2, 0.25) is 0 Å². The molecule has 1 aliphatic heterocycles. The van der Waals surface area contributed by atoms with Crippen LogP contribution in [-0.4, -0.2) is 0 Å². The van der Waals surface area contributed by atoms with Gasteiger partial charge >= 0.3 is 23.7 Å². The summed E-state index contributed by atoms with van der Waals surface area (Å²) in [4.78, 5) is 7.19. The van der Waals surface area contributed by atoms with Gasteiger partial charge in [0.25, 0.3) is 0 Å². The Morgan fingerprint density at radius 2 is 0.863 bits per heavy atom. The summed E-state index contributed by atoms with van der Waals surface area (Å²) in [6, 6.07) is 51.4. The van der Waals surface area contributed by atoms with E-state index in [0.717, 1.165) is 16.7 Å². The number of aryl methyl sites for hydroxylation is 3. The molecule has 3 unspecified atom stereocenters. The summed E-state index contributed by atoms with van der Waals surface area (Å²) in [5.41, 5.74) is 2.65. The second-order valence-electron chi connectivity index (χ2n) is 11.7. The van der Waals surface area contributed by atoms with Crippen molar-refractivity contribution in [3.05, 3.63) is 180 Å². The summed E-state index contributed by atoms with van der Waals surface area (Å²) >= 11 is 0. The lowest BCUT2D eigenvalue weighted by molar-refractivity contribution is 0.402. The van der Waals surface area contributed by atoms with Gasteiger partial charge in [0.1, 0.15) is 16.4 Å². The van der Waals surface area contributed by atoms with Crippen molar-refractivity contribution in [2.45, 2.75) is 20.8 Å². The van der Waals surface area contributed by atoms with E-state index in [1.54, 1.807) is 0 Å². The highest BCUT2D eigenvalue weighted by Gasteiger charge is 2.75. The van der Waals surface area contributed by atoms with E-state index in [4.69, 9.17) is 31.7 Å². The Balaban J connectivity index is 1.52. The molecule has 51 heavy (non-hydrogen) atoms. The molecule has 0 bridgehead atoms. The molecule has 1 heterocycles. The second-order valence-corrected chi connectivity index (χ2v) is 18.3. The minimum atomic E-state index is -3.77. The highest BCUT2D eigenvalue weighted by atomic mass is 31.3. The highest BCUT2D eigenvalue weighted by Crippen LogP contribution is 2.80. The lowest BCUT2D eigenvalue weighted by atomic mass is 10.2. The normalized spacial score (nSPS) is 21.1. The zero-order valence-corrected chi connectivity index (χ0v) is 31.0. The molecular formula is C39H38N3O6P3+2. The molecule has 0 saturated heterocycles. The number of hydrogen-bond donors (Lipinski definition) is 2. The number of nitrogens with one attached hydrogen (secondary N) is 2. The lowest BCUT2D eigenvalue weighted by Gasteiger charge is -2.34. The summed E-state index contributed by atoms with van der Waals surface area (Å²) in [7, 11) is -11.2. The van der Waals surface area contributed by atoms with Crippen LogP contribution in [0.4, 0.5) is 0 Å². The number of hydrogen-bond acceptors (Lipinski definition) is 9. The minimum Gasteiger partial charge on any atom is -0.415 e. The van der Waals surface area contributed by atoms with Crippen molar-refractivity contribution in [2.24, 2.45) is 4.52 Å². The zero-order valence-electron chi connectivity index (χ0n) is 28.3. The maximum absolute atomic E-state index is 7.04. The van der Waals surface area contributed by atoms with Gasteiger partial charge in [-0.25, -0.2) is 0 Å². The van der Waals surface area contributed by atoms with Crippen molar-refractivity contribution in [2.75, 3.05) is 0 Å². The Hall–Kier alpha value is -4.87. The van der Waals surface area contributed by atoms with Crippen LogP contribution in [0.25, 0.3) is 0 Å². The van der Waals surface area contributed by atoms with Crippen LogP contribution in [0.5, 0.6) is 34.5 Å². The van der Waals surface area contributed by atoms with Gasteiger partial charge in [-0.1, -0.05) is 109 Å². The molecule has 0 amide bonds. The molecule has 0 aliphatic carbocycles. The summed E-state index contributed by atoms with van der Waals surface area (Å²) < 4.78 is 47.3. The Morgan fingerprint density at radius 3 is 1.39 bits per heavy atom. The fraction of sp³-hybridized carbons (Fsp3) is 0.0769. The van der Waals surface area contributed by atoms with Crippen molar-refractivity contribution in [1.82, 2.24) is 9.72 Å². The van der Waals surface area contributed by atoms with E-state index in [0.29, 0.717) is 34.5 Å². The summed E-state index contributed by atoms with van der Waals surface area (Å²) in [6.45, 7) is 5.91. The van der Waals surface area contributed by atoms with Crippen LogP contribution in [0.1, 0.15) is 16.7 Å². The van der Waals surface area contributed by atoms with Crippen LogP contribution in [0, 0.1) is 20.8 Å². The van der Waals surface area contributed by atoms with Crippen LogP contribution in [0.3, 0.4) is 0 Å². The third kappa shape index (κ3) is 8.37. The third-order valence-electron chi connectivity index (χ3n) is 7.63. The average molecular weight is 738 g/mol. The smallest absolute Gasteiger partial charge is 0.415 e. The van der Waals surface area contributed by atoms with Crippen molar-refractivity contribution >= 4 is 23.7 Å². The monoisotopic (exact) mass is 737 g/mol. The molecule has 6 aromatic carbocycles. The Kier molecular flexibility index (Phi) is 10.3. The SMILES string of the molecule is Cc1ccccc1OP1(Oc2ccccc2)=N[P+](Oc2ccccc2)(Oc2ccccc2C)N[P+](Oc2ccccc2)(Oc2ccccc2C)N1. The first-order valence-corrected chi connectivity index (χ1v) is 21.1. The van der Waals surface area contributed by atoms with Gasteiger partial charge in [-0.05, 0) is 92.1 Å². The molecule has 0 aromatic heterocycles. The predicted octanol–water partition coefficient (Wildman–Crippen LogP) is 11.9. The molecule has 1 aliphatic rings. The van der Waals surface area contributed by atoms with Crippen LogP contribution in [0.15, 0.2) is 168 Å². The van der Waals surface area contributed by atoms with E-state index < -0.39 is 23.7 Å². The largest absolute Gasteiger partial charge is 0.617 e. The second kappa shape index (κ2) is 15.2. The first-order valence-electron chi connectivity index (χ1n) is 16.3. The fourth-order valence-corrected chi connectivity index (χ4v) is 15.3. The maximum Gasteiger partial charge on any atom is 0.617 e. The van der Waals surface area contributed by atoms with Crippen LogP contribution >= 0.6 is 23.7 Å². The number of nitrogens with zero attached hydrogens (tertiary/aromatic N) is 1. The van der Waals surface area contributed by atoms with Crippen molar-refractivity contribution in [3.8, 4) is 34.5 Å². The van der Waals surface area contributed by atoms with Crippen LogP contribution in [0.2, 0.25) is 0 Å². The molecule has 7 rings (SSSR count). The van der Waals surface area contributed by atoms with E-state index in [2.05, 4.69) is 9.72 Å². The highest BCUT2D eigenvalue weighted by molar-refractivity contribution is 7.89. The number of benzene rings is 6. The molecule has 3 atom stereocenters. The number of para-hydroxylation sites is 6. The summed E-state index contributed by atoms with van der Waals surface area (Å²) in [5.74, 6) is 3.25. The van der Waals surface area contributed by atoms with Gasteiger partial charge in [0.15, 0.2) is 23.0 Å². The van der Waals surface area contributed by atoms with E-state index in [-0.39, 0.29) is 0 Å². The van der Waals surface area contributed by atoms with Gasteiger partial charge in [-0.2, -0.15) is 0 Å². The molecule has 2 N–H and O–H groups in total. The predicted molar refractivity (Wildman–Crippen MR) is 206 cm³/mol. The number of rotatable bonds is 12. The molecule has 0 spiro atoms. The minimum absolute atomic E-state index is 0.514. The third-order valence-corrected chi connectivity index (χ3v) is 16.4. The van der Waals surface area contributed by atoms with Gasteiger partial charge in [0, 0.05) is 4.86 Å². The van der Waals surface area contributed by atoms with E-state index >= 15 is 0 Å². The van der Waals surface area contributed by atoms with Gasteiger partial charge in [-0.3, -0.25) is 18.1 Å². The fourth-order valence-electron chi connectivity index (χ4n) is 5.10. The average Bonchev–Trinajstić information content (AvgIpc) is 3.12. The van der Waals surface area contributed by atoms with Crippen LogP contribution in [-0.2, 0) is 0 Å². The Labute approximate surface area is 300 Å². The first-order chi connectivity index (χ1) is 24.8. The van der Waals surface area contributed by atoms with Gasteiger partial charge in [0.05, 0.1) is 4.52 Å². The lowest BCUT2D eigenvalue weighted by Crippen LogP contribution is -2.41. The molecule has 9 nitrogen and oxygen atoms in total. The van der Waals surface area contributed by atoms with Crippen LogP contribution < -0.4 is 36.9 Å². The Bertz CT molecular complexity index is 2150. The topological polar surface area (TPSA) is 91.8 Å². The van der Waals surface area contributed by atoms with Crippen molar-refractivity contribution in [3.63, 3.8) is 0 Å². The van der Waals surface area contributed by atoms with E-state index in [1.807, 2.05) is 185 Å². The quantitative estimate of drug-likeness (QED) is 0.120. The standard InChI is InChI=1S/C39H38N3O6P3/c1-31-19-13-16-28-37(31)46-49(43-34-22-7-4-8-23-34)40-50(44-35-24-9-5-10-25-35,47-38-29-17-14-20-32(38)2)42-51(41-49,45-36-26-11-6-12-27-36)48-39-30-18-15-21-33(39)3/h4-30,40-41H,1-3H3/q+2. The summed E-state index contributed by atoms with van der Waals surface area (Å²) in [6.07, 6.45) is 0. The molecule has 0 radical (unpaired) electrons. The molecule has 0 saturated carbocycles. The zero-order chi connectivity index (χ0) is 35.2. The molecule has 12 heteroatoms. The summed E-state index contributed by atoms with van der Waals surface area (Å²) in [5, 5.41) is 0. The molecule has 6 aromatic rings. The van der Waals surface area contributed by atoms with Gasteiger partial charge in [-0.15, -0.1) is 0 Å². The molecule has 0 fully saturated rings. The molecule has 258 valence electrons. The molecular weight excluding hydrogens is 699 g/mol. The van der Waals surface area contributed by atoms with E-state index in [9.17, 15) is 0 Å². The van der Waals surface area contributed by atoms with Crippen molar-refractivity contribution in [1.29, 1.82) is 0 Å². The van der Waals surface area contributed by atoms with Crippen molar-refractivity contribution < 1.29 is 27.1 Å². The Morgan fingerprint density at radius 1 is 0.431 bits per heavy atom. The maximum atomic E-state index is 7.04.